The molecule has 4 rings (SSSR count). The summed E-state index contributed by atoms with van der Waals surface area (Å²) in [5.41, 5.74) is -0.549. The molecular weight excluding hydrogens is 476 g/mol. The van der Waals surface area contributed by atoms with Gasteiger partial charge in [0.2, 0.25) is 5.88 Å². The number of allylic oxidation sites excluding steroid dienone is 2. The van der Waals surface area contributed by atoms with E-state index in [2.05, 4.69) is 4.98 Å². The van der Waals surface area contributed by atoms with Gasteiger partial charge in [-0.2, -0.15) is 13.2 Å². The van der Waals surface area contributed by atoms with Gasteiger partial charge in [0.05, 0.1) is 11.5 Å². The molecular formula is C25H16F6NO3-. The van der Waals surface area contributed by atoms with Crippen molar-refractivity contribution in [3.05, 3.63) is 93.9 Å². The minimum absolute atomic E-state index is 0.0332. The first-order chi connectivity index (χ1) is 16.5. The molecule has 0 saturated carbocycles. The summed E-state index contributed by atoms with van der Waals surface area (Å²) in [6, 6.07) is 6.70. The van der Waals surface area contributed by atoms with Gasteiger partial charge in [-0.05, 0) is 72.4 Å². The molecule has 0 atom stereocenters. The van der Waals surface area contributed by atoms with Crippen molar-refractivity contribution < 1.29 is 41.0 Å². The fourth-order valence-electron chi connectivity index (χ4n) is 3.96. The molecule has 0 unspecified atom stereocenters. The van der Waals surface area contributed by atoms with Gasteiger partial charge in [-0.15, -0.1) is 0 Å². The molecule has 1 aliphatic rings. The van der Waals surface area contributed by atoms with E-state index in [1.165, 1.54) is 6.07 Å². The lowest BCUT2D eigenvalue weighted by Crippen LogP contribution is -2.22. The number of carboxylic acid groups (broad SMARTS) is 1. The Morgan fingerprint density at radius 1 is 0.971 bits per heavy atom. The van der Waals surface area contributed by atoms with Crippen LogP contribution in [0, 0.1) is 17.5 Å². The summed E-state index contributed by atoms with van der Waals surface area (Å²) < 4.78 is 87.1. The van der Waals surface area contributed by atoms with Crippen LogP contribution in [0.5, 0.6) is 5.88 Å². The number of alkyl halides is 3. The number of halogens is 6. The van der Waals surface area contributed by atoms with Crippen LogP contribution >= 0.6 is 0 Å². The SMILES string of the molecule is O=C([O-])c1cc(F)cc(C2=C(c3cc(C(F)(F)F)cnc3OCc3ccc(F)cc3F)CCC2)c1. The molecule has 4 nitrogen and oxygen atoms in total. The number of carboxylic acids is 1. The first kappa shape index (κ1) is 24.3. The minimum Gasteiger partial charge on any atom is -0.545 e. The van der Waals surface area contributed by atoms with Gasteiger partial charge in [0.25, 0.3) is 0 Å². The van der Waals surface area contributed by atoms with Crippen LogP contribution in [0.2, 0.25) is 0 Å². The van der Waals surface area contributed by atoms with Crippen molar-refractivity contribution in [2.24, 2.45) is 0 Å². The predicted octanol–water partition coefficient (Wildman–Crippen LogP) is 5.55. The Balaban J connectivity index is 1.81. The highest BCUT2D eigenvalue weighted by Gasteiger charge is 2.33. The van der Waals surface area contributed by atoms with Crippen molar-refractivity contribution in [3.8, 4) is 5.88 Å². The van der Waals surface area contributed by atoms with E-state index in [-0.39, 0.29) is 29.0 Å². The summed E-state index contributed by atoms with van der Waals surface area (Å²) in [6.45, 7) is -0.436. The molecule has 1 heterocycles. The first-order valence-electron chi connectivity index (χ1n) is 10.4. The number of aromatic carboxylic acids is 1. The number of nitrogens with zero attached hydrogens (tertiary/aromatic N) is 1. The Hall–Kier alpha value is -3.82. The molecule has 35 heavy (non-hydrogen) atoms. The van der Waals surface area contributed by atoms with Crippen LogP contribution < -0.4 is 9.84 Å². The predicted molar refractivity (Wildman–Crippen MR) is 111 cm³/mol. The third-order valence-corrected chi connectivity index (χ3v) is 5.58. The summed E-state index contributed by atoms with van der Waals surface area (Å²) in [7, 11) is 0. The van der Waals surface area contributed by atoms with Gasteiger partial charge in [0, 0.05) is 29.0 Å². The number of ether oxygens (including phenoxy) is 1. The van der Waals surface area contributed by atoms with Gasteiger partial charge in [-0.1, -0.05) is 0 Å². The van der Waals surface area contributed by atoms with Crippen molar-refractivity contribution in [2.45, 2.75) is 32.0 Å². The maximum absolute atomic E-state index is 14.1. The highest BCUT2D eigenvalue weighted by Crippen LogP contribution is 2.44. The number of rotatable bonds is 6. The topological polar surface area (TPSA) is 62.2 Å². The Morgan fingerprint density at radius 3 is 2.40 bits per heavy atom. The number of pyridine rings is 1. The quantitative estimate of drug-likeness (QED) is 0.423. The lowest BCUT2D eigenvalue weighted by Gasteiger charge is -2.17. The smallest absolute Gasteiger partial charge is 0.417 e. The second-order valence-electron chi connectivity index (χ2n) is 7.93. The van der Waals surface area contributed by atoms with Crippen molar-refractivity contribution in [1.29, 1.82) is 0 Å². The number of hydrogen-bond acceptors (Lipinski definition) is 4. The van der Waals surface area contributed by atoms with E-state index >= 15 is 0 Å². The third kappa shape index (κ3) is 5.31. The molecule has 0 aliphatic heterocycles. The summed E-state index contributed by atoms with van der Waals surface area (Å²) in [4.78, 5) is 15.0. The Labute approximate surface area is 195 Å². The van der Waals surface area contributed by atoms with Gasteiger partial charge < -0.3 is 14.6 Å². The Morgan fingerprint density at radius 2 is 1.71 bits per heavy atom. The highest BCUT2D eigenvalue weighted by molar-refractivity contribution is 5.96. The van der Waals surface area contributed by atoms with Crippen LogP contribution in [0.4, 0.5) is 26.3 Å². The molecule has 3 aromatic rings. The molecule has 2 aromatic carbocycles. The highest BCUT2D eigenvalue weighted by atomic mass is 19.4. The van der Waals surface area contributed by atoms with Crippen LogP contribution in [-0.4, -0.2) is 11.0 Å². The van der Waals surface area contributed by atoms with Crippen molar-refractivity contribution in [1.82, 2.24) is 4.98 Å². The largest absolute Gasteiger partial charge is 0.545 e. The number of carbonyl (C=O) groups excluding carboxylic acids is 1. The van der Waals surface area contributed by atoms with Gasteiger partial charge >= 0.3 is 6.18 Å². The average Bonchev–Trinajstić information content (AvgIpc) is 3.27. The summed E-state index contributed by atoms with van der Waals surface area (Å²) >= 11 is 0. The van der Waals surface area contributed by atoms with E-state index in [0.29, 0.717) is 36.3 Å². The molecule has 0 amide bonds. The van der Waals surface area contributed by atoms with E-state index in [0.717, 1.165) is 30.3 Å². The van der Waals surface area contributed by atoms with Crippen molar-refractivity contribution >= 4 is 17.1 Å². The average molecular weight is 492 g/mol. The van der Waals surface area contributed by atoms with E-state index < -0.39 is 47.3 Å². The standard InChI is InChI=1S/C25H17F6NO3/c26-17-5-4-13(22(28)10-17)12-35-23-21(9-16(11-32-23)25(29,30)31)20-3-1-2-19(20)14-6-15(24(33)34)8-18(27)7-14/h4-11H,1-3,12H2,(H,33,34)/p-1. The lowest BCUT2D eigenvalue weighted by molar-refractivity contribution is -0.255. The second-order valence-corrected chi connectivity index (χ2v) is 7.93. The fourth-order valence-corrected chi connectivity index (χ4v) is 3.96. The van der Waals surface area contributed by atoms with Gasteiger partial charge in [0.15, 0.2) is 0 Å². The van der Waals surface area contributed by atoms with E-state index in [4.69, 9.17) is 4.74 Å². The summed E-state index contributed by atoms with van der Waals surface area (Å²) in [5.74, 6) is -4.37. The van der Waals surface area contributed by atoms with Crippen molar-refractivity contribution in [3.63, 3.8) is 0 Å². The Bertz CT molecular complexity index is 1330. The second kappa shape index (κ2) is 9.44. The fraction of sp³-hybridized carbons (Fsp3) is 0.200. The molecule has 0 bridgehead atoms. The van der Waals surface area contributed by atoms with Crippen LogP contribution in [0.15, 0.2) is 48.7 Å². The van der Waals surface area contributed by atoms with Gasteiger partial charge in [-0.25, -0.2) is 18.2 Å². The number of benzene rings is 2. The number of aromatic nitrogens is 1. The summed E-state index contributed by atoms with van der Waals surface area (Å²) in [5, 5.41) is 11.2. The van der Waals surface area contributed by atoms with Crippen LogP contribution in [0.25, 0.3) is 11.1 Å². The number of hydrogen-bond donors (Lipinski definition) is 0. The molecule has 1 aliphatic carbocycles. The zero-order valence-electron chi connectivity index (χ0n) is 17.9. The number of carbonyl (C=O) groups is 1. The van der Waals surface area contributed by atoms with Crippen LogP contribution in [-0.2, 0) is 12.8 Å². The molecule has 10 heteroatoms. The summed E-state index contributed by atoms with van der Waals surface area (Å²) in [6.07, 6.45) is -3.01. The molecule has 0 fully saturated rings. The molecule has 0 radical (unpaired) electrons. The first-order valence-corrected chi connectivity index (χ1v) is 10.4. The zero-order valence-corrected chi connectivity index (χ0v) is 17.9. The van der Waals surface area contributed by atoms with E-state index in [1.807, 2.05) is 0 Å². The maximum atomic E-state index is 14.1. The third-order valence-electron chi connectivity index (χ3n) is 5.58. The van der Waals surface area contributed by atoms with Crippen LogP contribution in [0.1, 0.15) is 51.9 Å². The molecule has 0 saturated heterocycles. The van der Waals surface area contributed by atoms with E-state index in [1.54, 1.807) is 0 Å². The molecule has 1 aromatic heterocycles. The van der Waals surface area contributed by atoms with Gasteiger partial charge in [-0.3, -0.25) is 0 Å². The molecule has 182 valence electrons. The zero-order chi connectivity index (χ0) is 25.3. The Kier molecular flexibility index (Phi) is 6.56. The van der Waals surface area contributed by atoms with Crippen LogP contribution in [0.3, 0.4) is 0 Å². The van der Waals surface area contributed by atoms with E-state index in [9.17, 15) is 36.2 Å². The maximum Gasteiger partial charge on any atom is 0.417 e. The minimum atomic E-state index is -4.72. The monoisotopic (exact) mass is 492 g/mol. The molecule has 0 spiro atoms. The molecule has 0 N–H and O–H groups in total. The normalized spacial score (nSPS) is 13.9. The van der Waals surface area contributed by atoms with Crippen molar-refractivity contribution in [2.75, 3.05) is 0 Å². The van der Waals surface area contributed by atoms with Gasteiger partial charge in [0.1, 0.15) is 24.1 Å². The lowest BCUT2D eigenvalue weighted by atomic mass is 9.95.